The molecule has 3 heterocycles. The van der Waals surface area contributed by atoms with Crippen molar-refractivity contribution in [3.8, 4) is 21.9 Å². The van der Waals surface area contributed by atoms with E-state index in [2.05, 4.69) is 16.3 Å². The molecule has 0 unspecified atom stereocenters. The second-order valence-electron chi connectivity index (χ2n) is 8.10. The number of carbonyl (C=O) groups excluding carboxylic acids is 1. The quantitative estimate of drug-likeness (QED) is 0.398. The largest absolute Gasteiger partial charge is 0.454 e. The lowest BCUT2D eigenvalue weighted by atomic mass is 10.1. The van der Waals surface area contributed by atoms with Crippen LogP contribution in [0.1, 0.15) is 12.0 Å². The van der Waals surface area contributed by atoms with Crippen molar-refractivity contribution in [2.24, 2.45) is 0 Å². The molecule has 0 spiro atoms. The first-order chi connectivity index (χ1) is 16.1. The molecule has 1 amide bonds. The van der Waals surface area contributed by atoms with Crippen molar-refractivity contribution < 1.29 is 14.3 Å². The lowest BCUT2D eigenvalue weighted by Gasteiger charge is -2.14. The molecule has 0 radical (unpaired) electrons. The number of nitrogens with zero attached hydrogens (tertiary/aromatic N) is 1. The molecule has 3 aromatic rings. The number of hydrogen-bond donors (Lipinski definition) is 2. The number of hydrogen-bond acceptors (Lipinski definition) is 6. The average molecular weight is 460 g/mol. The Morgan fingerprint density at radius 1 is 1.15 bits per heavy atom. The maximum Gasteiger partial charge on any atom is 0.248 e. The fourth-order valence-corrected chi connectivity index (χ4v) is 4.75. The van der Waals surface area contributed by atoms with Gasteiger partial charge >= 0.3 is 0 Å². The molecule has 1 aromatic heterocycles. The van der Waals surface area contributed by atoms with Gasteiger partial charge in [-0.25, -0.2) is 0 Å². The highest BCUT2D eigenvalue weighted by Crippen LogP contribution is 2.33. The molecule has 2 aromatic carbocycles. The van der Waals surface area contributed by atoms with Gasteiger partial charge in [-0.1, -0.05) is 35.9 Å². The first kappa shape index (κ1) is 21.3. The number of amides is 1. The molecule has 2 aliphatic heterocycles. The molecular formula is C26H25N3O3S. The molecular weight excluding hydrogens is 434 g/mol. The predicted molar refractivity (Wildman–Crippen MR) is 132 cm³/mol. The zero-order chi connectivity index (χ0) is 22.6. The third-order valence-electron chi connectivity index (χ3n) is 5.72. The van der Waals surface area contributed by atoms with Crippen molar-refractivity contribution in [3.63, 3.8) is 0 Å². The van der Waals surface area contributed by atoms with E-state index in [1.807, 2.05) is 60.0 Å². The van der Waals surface area contributed by atoms with E-state index in [0.29, 0.717) is 18.2 Å². The number of allylic oxidation sites excluding steroid dienone is 2. The highest BCUT2D eigenvalue weighted by atomic mass is 32.1. The van der Waals surface area contributed by atoms with Crippen molar-refractivity contribution >= 4 is 28.6 Å². The van der Waals surface area contributed by atoms with E-state index in [1.165, 1.54) is 11.1 Å². The van der Waals surface area contributed by atoms with E-state index in [1.54, 1.807) is 17.4 Å². The molecule has 7 heteroatoms. The molecule has 168 valence electrons. The molecule has 0 saturated carbocycles. The maximum atomic E-state index is 12.4. The second-order valence-corrected chi connectivity index (χ2v) is 9.05. The number of carbonyl (C=O) groups is 1. The van der Waals surface area contributed by atoms with Gasteiger partial charge in [0, 0.05) is 30.6 Å². The molecule has 3 N–H and O–H groups in total. The summed E-state index contributed by atoms with van der Waals surface area (Å²) in [7, 11) is 0. The molecule has 1 saturated heterocycles. The lowest BCUT2D eigenvalue weighted by molar-refractivity contribution is -0.111. The van der Waals surface area contributed by atoms with Crippen LogP contribution in [0.4, 0.5) is 11.4 Å². The van der Waals surface area contributed by atoms with Gasteiger partial charge in [0.1, 0.15) is 0 Å². The highest BCUT2D eigenvalue weighted by molar-refractivity contribution is 7.13. The Labute approximate surface area is 196 Å². The van der Waals surface area contributed by atoms with Gasteiger partial charge in [-0.3, -0.25) is 9.69 Å². The summed E-state index contributed by atoms with van der Waals surface area (Å²) in [6.45, 7) is 3.03. The molecule has 33 heavy (non-hydrogen) atoms. The summed E-state index contributed by atoms with van der Waals surface area (Å²) in [4.78, 5) is 15.9. The van der Waals surface area contributed by atoms with Crippen molar-refractivity contribution in [2.45, 2.75) is 13.0 Å². The number of nitrogen functional groups attached to an aromatic ring is 1. The van der Waals surface area contributed by atoms with E-state index < -0.39 is 0 Å². The van der Waals surface area contributed by atoms with E-state index in [-0.39, 0.29) is 5.91 Å². The number of nitrogens with two attached hydrogens (primary N) is 1. The number of rotatable bonds is 6. The first-order valence-corrected chi connectivity index (χ1v) is 11.7. The number of likely N-dealkylation sites (tertiary alicyclic amines) is 1. The summed E-state index contributed by atoms with van der Waals surface area (Å²) in [5, 5.41) is 4.92. The van der Waals surface area contributed by atoms with Crippen molar-refractivity contribution in [3.05, 3.63) is 83.3 Å². The molecule has 6 nitrogen and oxygen atoms in total. The van der Waals surface area contributed by atoms with Crippen LogP contribution in [0.25, 0.3) is 10.4 Å². The topological polar surface area (TPSA) is 76.8 Å². The number of fused-ring (bicyclic) bond motifs is 1. The fraction of sp³-hybridized carbons (Fsp3) is 0.192. The normalized spacial score (nSPS) is 16.7. The van der Waals surface area contributed by atoms with E-state index in [9.17, 15) is 4.79 Å². The second kappa shape index (κ2) is 9.52. The van der Waals surface area contributed by atoms with Gasteiger partial charge in [0.2, 0.25) is 12.7 Å². The SMILES string of the molecule is Nc1ccc(-c2cccs2)cc1NC(=O)/C=C/C=C1\CCN(Cc2ccc3c(c2)OCO3)C1. The first-order valence-electron chi connectivity index (χ1n) is 10.9. The molecule has 1 fully saturated rings. The predicted octanol–water partition coefficient (Wildman–Crippen LogP) is 5.05. The lowest BCUT2D eigenvalue weighted by Crippen LogP contribution is -2.18. The minimum atomic E-state index is -0.197. The Morgan fingerprint density at radius 2 is 2.06 bits per heavy atom. The number of anilines is 2. The summed E-state index contributed by atoms with van der Waals surface area (Å²) < 4.78 is 10.8. The zero-order valence-corrected chi connectivity index (χ0v) is 18.9. The summed E-state index contributed by atoms with van der Waals surface area (Å²) in [6, 6.07) is 15.8. The van der Waals surface area contributed by atoms with Gasteiger partial charge in [0.25, 0.3) is 0 Å². The monoisotopic (exact) mass is 459 g/mol. The van der Waals surface area contributed by atoms with Crippen LogP contribution in [0.3, 0.4) is 0 Å². The van der Waals surface area contributed by atoms with Gasteiger partial charge < -0.3 is 20.5 Å². The minimum absolute atomic E-state index is 0.197. The highest BCUT2D eigenvalue weighted by Gasteiger charge is 2.18. The van der Waals surface area contributed by atoms with Crippen LogP contribution in [0.2, 0.25) is 0 Å². The Bertz CT molecular complexity index is 1220. The summed E-state index contributed by atoms with van der Waals surface area (Å²) in [5.41, 5.74) is 10.8. The fourth-order valence-electron chi connectivity index (χ4n) is 4.02. The smallest absolute Gasteiger partial charge is 0.248 e. The Balaban J connectivity index is 1.15. The van der Waals surface area contributed by atoms with E-state index >= 15 is 0 Å². The number of nitrogens with one attached hydrogen (secondary N) is 1. The summed E-state index contributed by atoms with van der Waals surface area (Å²) >= 11 is 1.65. The number of benzene rings is 2. The van der Waals surface area contributed by atoms with Crippen LogP contribution < -0.4 is 20.5 Å². The maximum absolute atomic E-state index is 12.4. The van der Waals surface area contributed by atoms with Crippen LogP contribution >= 0.6 is 11.3 Å². The van der Waals surface area contributed by atoms with Crippen molar-refractivity contribution in [1.29, 1.82) is 0 Å². The standard InChI is InChI=1S/C26H25N3O3S/c27-21-8-7-20(25-4-2-12-33-25)14-22(21)28-26(30)5-1-3-18-10-11-29(15-18)16-19-6-9-23-24(13-19)32-17-31-23/h1-9,12-14H,10-11,15-17,27H2,(H,28,30)/b5-1+,18-3+. The van der Waals surface area contributed by atoms with Crippen molar-refractivity contribution in [2.75, 3.05) is 30.9 Å². The van der Waals surface area contributed by atoms with Crippen LogP contribution in [0.15, 0.2) is 77.7 Å². The van der Waals surface area contributed by atoms with Gasteiger partial charge in [-0.15, -0.1) is 11.3 Å². The van der Waals surface area contributed by atoms with Crippen LogP contribution in [0, 0.1) is 0 Å². The number of ether oxygens (including phenoxy) is 2. The van der Waals surface area contributed by atoms with Gasteiger partial charge in [0.15, 0.2) is 11.5 Å². The molecule has 0 bridgehead atoms. The Morgan fingerprint density at radius 3 is 2.94 bits per heavy atom. The van der Waals surface area contributed by atoms with Crippen molar-refractivity contribution in [1.82, 2.24) is 4.90 Å². The Hall–Kier alpha value is -3.55. The van der Waals surface area contributed by atoms with Crippen LogP contribution in [-0.4, -0.2) is 30.7 Å². The van der Waals surface area contributed by atoms with E-state index in [4.69, 9.17) is 15.2 Å². The zero-order valence-electron chi connectivity index (χ0n) is 18.1. The molecule has 2 aliphatic rings. The molecule has 0 atom stereocenters. The summed E-state index contributed by atoms with van der Waals surface area (Å²) in [5.74, 6) is 1.43. The molecule has 5 rings (SSSR count). The minimum Gasteiger partial charge on any atom is -0.454 e. The third kappa shape index (κ3) is 5.10. The average Bonchev–Trinajstić information content (AvgIpc) is 3.57. The van der Waals surface area contributed by atoms with Gasteiger partial charge in [-0.05, 0) is 53.3 Å². The van der Waals surface area contributed by atoms with E-state index in [0.717, 1.165) is 48.0 Å². The van der Waals surface area contributed by atoms with Gasteiger partial charge in [-0.2, -0.15) is 0 Å². The van der Waals surface area contributed by atoms with Crippen LogP contribution in [0.5, 0.6) is 11.5 Å². The van der Waals surface area contributed by atoms with Crippen LogP contribution in [-0.2, 0) is 11.3 Å². The van der Waals surface area contributed by atoms with Gasteiger partial charge in [0.05, 0.1) is 11.4 Å². The molecule has 0 aliphatic carbocycles. The summed E-state index contributed by atoms with van der Waals surface area (Å²) in [6.07, 6.45) is 6.38. The number of thiophene rings is 1. The Kier molecular flexibility index (Phi) is 6.15. The third-order valence-corrected chi connectivity index (χ3v) is 6.63.